The van der Waals surface area contributed by atoms with Gasteiger partial charge in [0.15, 0.2) is 10.7 Å². The van der Waals surface area contributed by atoms with Crippen molar-refractivity contribution in [2.45, 2.75) is 0 Å². The summed E-state index contributed by atoms with van der Waals surface area (Å²) >= 11 is 7.09. The molecule has 0 fully saturated rings. The summed E-state index contributed by atoms with van der Waals surface area (Å²) in [4.78, 5) is 14.6. The van der Waals surface area contributed by atoms with Crippen LogP contribution in [0, 0.1) is 21.4 Å². The molecule has 0 aliphatic carbocycles. The first-order valence-corrected chi connectivity index (χ1v) is 8.52. The molecular formula is C17H10ClN5O2S. The molecule has 0 radical (unpaired) electrons. The molecule has 3 rings (SSSR count). The smallest absolute Gasteiger partial charge is 0.269 e. The van der Waals surface area contributed by atoms with Gasteiger partial charge in [0.05, 0.1) is 16.3 Å². The van der Waals surface area contributed by atoms with Crippen LogP contribution in [0.1, 0.15) is 5.01 Å². The highest BCUT2D eigenvalue weighted by atomic mass is 35.5. The van der Waals surface area contributed by atoms with Gasteiger partial charge < -0.3 is 0 Å². The fourth-order valence-electron chi connectivity index (χ4n) is 2.03. The number of nitrogens with zero attached hydrogens (tertiary/aromatic N) is 4. The van der Waals surface area contributed by atoms with Crippen LogP contribution in [0.15, 0.2) is 59.0 Å². The van der Waals surface area contributed by atoms with Gasteiger partial charge in [-0.05, 0) is 36.4 Å². The zero-order chi connectivity index (χ0) is 18.5. The molecule has 1 aromatic heterocycles. The number of non-ortho nitro benzene ring substituents is 1. The lowest BCUT2D eigenvalue weighted by Gasteiger charge is -2.00. The second-order valence-electron chi connectivity index (χ2n) is 5.03. The normalized spacial score (nSPS) is 11.0. The number of hydrazone groups is 1. The molecule has 2 aromatic carbocycles. The number of nitrogens with one attached hydrogen (secondary N) is 1. The van der Waals surface area contributed by atoms with Gasteiger partial charge in [-0.15, -0.1) is 11.3 Å². The SMILES string of the molecule is N#C/C(=N\Nc1ccc(Cl)cc1)c1nc(-c2ccc([N+](=O)[O-])cc2)cs1. The number of hydrogen-bond acceptors (Lipinski definition) is 7. The zero-order valence-electron chi connectivity index (χ0n) is 13.1. The highest BCUT2D eigenvalue weighted by molar-refractivity contribution is 7.12. The molecular weight excluding hydrogens is 374 g/mol. The van der Waals surface area contributed by atoms with Crippen molar-refractivity contribution in [1.29, 1.82) is 5.26 Å². The Morgan fingerprint density at radius 2 is 1.92 bits per heavy atom. The predicted molar refractivity (Wildman–Crippen MR) is 101 cm³/mol. The molecule has 0 saturated carbocycles. The van der Waals surface area contributed by atoms with Gasteiger partial charge in [0, 0.05) is 28.1 Å². The fraction of sp³-hybridized carbons (Fsp3) is 0. The summed E-state index contributed by atoms with van der Waals surface area (Å²) in [5.41, 5.74) is 4.97. The van der Waals surface area contributed by atoms with E-state index in [1.54, 1.807) is 41.8 Å². The Balaban J connectivity index is 1.80. The molecule has 7 nitrogen and oxygen atoms in total. The Hall–Kier alpha value is -3.28. The van der Waals surface area contributed by atoms with Crippen LogP contribution in [0.5, 0.6) is 0 Å². The van der Waals surface area contributed by atoms with E-state index in [0.29, 0.717) is 21.4 Å². The van der Waals surface area contributed by atoms with E-state index in [0.717, 1.165) is 5.56 Å². The van der Waals surface area contributed by atoms with Crippen molar-refractivity contribution >= 4 is 40.0 Å². The fourth-order valence-corrected chi connectivity index (χ4v) is 2.93. The average Bonchev–Trinajstić information content (AvgIpc) is 3.14. The second kappa shape index (κ2) is 7.74. The van der Waals surface area contributed by atoms with Crippen LogP contribution in [0.2, 0.25) is 5.02 Å². The van der Waals surface area contributed by atoms with Gasteiger partial charge in [0.1, 0.15) is 6.07 Å². The average molecular weight is 384 g/mol. The van der Waals surface area contributed by atoms with E-state index in [1.165, 1.54) is 23.5 Å². The summed E-state index contributed by atoms with van der Waals surface area (Å²) in [6.45, 7) is 0. The van der Waals surface area contributed by atoms with Gasteiger partial charge in [-0.1, -0.05) is 11.6 Å². The number of rotatable bonds is 5. The third-order valence-electron chi connectivity index (χ3n) is 3.33. The van der Waals surface area contributed by atoms with Gasteiger partial charge in [-0.3, -0.25) is 15.5 Å². The van der Waals surface area contributed by atoms with Crippen LogP contribution < -0.4 is 5.43 Å². The van der Waals surface area contributed by atoms with E-state index in [1.807, 2.05) is 6.07 Å². The third-order valence-corrected chi connectivity index (χ3v) is 4.43. The number of nitro benzene ring substituents is 1. The van der Waals surface area contributed by atoms with Crippen LogP contribution in [0.4, 0.5) is 11.4 Å². The Morgan fingerprint density at radius 1 is 1.23 bits per heavy atom. The molecule has 0 atom stereocenters. The van der Waals surface area contributed by atoms with Crippen LogP contribution in [0.25, 0.3) is 11.3 Å². The van der Waals surface area contributed by atoms with E-state index < -0.39 is 4.92 Å². The van der Waals surface area contributed by atoms with E-state index in [2.05, 4.69) is 15.5 Å². The number of thiazole rings is 1. The summed E-state index contributed by atoms with van der Waals surface area (Å²) in [7, 11) is 0. The number of halogens is 1. The molecule has 128 valence electrons. The predicted octanol–water partition coefficient (Wildman–Crippen LogP) is 4.71. The van der Waals surface area contributed by atoms with Crippen molar-refractivity contribution in [2.24, 2.45) is 5.10 Å². The molecule has 0 aliphatic heterocycles. The summed E-state index contributed by atoms with van der Waals surface area (Å²) in [5.74, 6) is 0. The van der Waals surface area contributed by atoms with E-state index in [9.17, 15) is 15.4 Å². The van der Waals surface area contributed by atoms with Crippen molar-refractivity contribution in [3.63, 3.8) is 0 Å². The maximum absolute atomic E-state index is 10.7. The molecule has 1 heterocycles. The summed E-state index contributed by atoms with van der Waals surface area (Å²) in [6, 6.07) is 15.0. The topological polar surface area (TPSA) is 104 Å². The number of benzene rings is 2. The van der Waals surface area contributed by atoms with Crippen molar-refractivity contribution < 1.29 is 4.92 Å². The maximum atomic E-state index is 10.7. The molecule has 0 unspecified atom stereocenters. The quantitative estimate of drug-likeness (QED) is 0.390. The molecule has 0 amide bonds. The number of hydrogen-bond donors (Lipinski definition) is 1. The molecule has 0 saturated heterocycles. The third kappa shape index (κ3) is 4.03. The summed E-state index contributed by atoms with van der Waals surface area (Å²) < 4.78 is 0. The number of anilines is 1. The largest absolute Gasteiger partial charge is 0.277 e. The van der Waals surface area contributed by atoms with Crippen molar-refractivity contribution in [3.8, 4) is 17.3 Å². The molecule has 3 aromatic rings. The first-order valence-electron chi connectivity index (χ1n) is 7.27. The lowest BCUT2D eigenvalue weighted by molar-refractivity contribution is -0.384. The van der Waals surface area contributed by atoms with Crippen molar-refractivity contribution in [2.75, 3.05) is 5.43 Å². The molecule has 26 heavy (non-hydrogen) atoms. The Bertz CT molecular complexity index is 1010. The minimum atomic E-state index is -0.459. The van der Waals surface area contributed by atoms with Crippen LogP contribution >= 0.6 is 22.9 Å². The molecule has 9 heteroatoms. The van der Waals surface area contributed by atoms with Gasteiger partial charge >= 0.3 is 0 Å². The standard InChI is InChI=1S/C17H10ClN5O2S/c18-12-3-5-13(6-4-12)21-22-15(9-19)17-20-16(10-26-17)11-1-7-14(8-2-11)23(24)25/h1-8,10,21H/b22-15+. The minimum Gasteiger partial charge on any atom is -0.277 e. The van der Waals surface area contributed by atoms with Gasteiger partial charge in [0.2, 0.25) is 0 Å². The Kier molecular flexibility index (Phi) is 5.22. The van der Waals surface area contributed by atoms with Crippen molar-refractivity contribution in [1.82, 2.24) is 4.98 Å². The van der Waals surface area contributed by atoms with Crippen LogP contribution in [-0.4, -0.2) is 15.6 Å². The molecule has 1 N–H and O–H groups in total. The van der Waals surface area contributed by atoms with Crippen LogP contribution in [-0.2, 0) is 0 Å². The maximum Gasteiger partial charge on any atom is 0.269 e. The zero-order valence-corrected chi connectivity index (χ0v) is 14.7. The highest BCUT2D eigenvalue weighted by Gasteiger charge is 2.12. The monoisotopic (exact) mass is 383 g/mol. The molecule has 0 bridgehead atoms. The number of nitro groups is 1. The number of aromatic nitrogens is 1. The van der Waals surface area contributed by atoms with Gasteiger partial charge in [-0.25, -0.2) is 4.98 Å². The van der Waals surface area contributed by atoms with E-state index >= 15 is 0 Å². The first-order chi connectivity index (χ1) is 12.6. The molecule has 0 aliphatic rings. The van der Waals surface area contributed by atoms with Crippen LogP contribution in [0.3, 0.4) is 0 Å². The van der Waals surface area contributed by atoms with Gasteiger partial charge in [0.25, 0.3) is 5.69 Å². The molecule has 0 spiro atoms. The lowest BCUT2D eigenvalue weighted by atomic mass is 10.1. The summed E-state index contributed by atoms with van der Waals surface area (Å²) in [5, 5.41) is 26.9. The summed E-state index contributed by atoms with van der Waals surface area (Å²) in [6.07, 6.45) is 0. The number of nitriles is 1. The Morgan fingerprint density at radius 3 is 2.54 bits per heavy atom. The van der Waals surface area contributed by atoms with Gasteiger partial charge in [-0.2, -0.15) is 10.4 Å². The minimum absolute atomic E-state index is 0.00986. The Labute approximate surface area is 157 Å². The van der Waals surface area contributed by atoms with E-state index in [4.69, 9.17) is 11.6 Å². The highest BCUT2D eigenvalue weighted by Crippen LogP contribution is 2.24. The van der Waals surface area contributed by atoms with Crippen molar-refractivity contribution in [3.05, 3.63) is 74.1 Å². The van der Waals surface area contributed by atoms with E-state index in [-0.39, 0.29) is 11.4 Å². The lowest BCUT2D eigenvalue weighted by Crippen LogP contribution is -2.01. The first kappa shape index (κ1) is 17.5. The second-order valence-corrected chi connectivity index (χ2v) is 6.33.